The van der Waals surface area contributed by atoms with Gasteiger partial charge >= 0.3 is 0 Å². The van der Waals surface area contributed by atoms with Gasteiger partial charge in [0.2, 0.25) is 0 Å². The Labute approximate surface area is 135 Å². The highest BCUT2D eigenvalue weighted by Gasteiger charge is 2.19. The minimum atomic E-state index is -0.187. The van der Waals surface area contributed by atoms with Gasteiger partial charge < -0.3 is 14.8 Å². The summed E-state index contributed by atoms with van der Waals surface area (Å²) in [5.74, 6) is 0.542. The zero-order valence-corrected chi connectivity index (χ0v) is 13.5. The van der Waals surface area contributed by atoms with Crippen LogP contribution in [0.2, 0.25) is 0 Å². The average molecular weight is 318 g/mol. The molecule has 1 aliphatic rings. The summed E-state index contributed by atoms with van der Waals surface area (Å²) in [4.78, 5) is 14.4. The first kappa shape index (κ1) is 15.8. The van der Waals surface area contributed by atoms with Gasteiger partial charge in [-0.25, -0.2) is 0 Å². The molecule has 0 aliphatic carbocycles. The van der Waals surface area contributed by atoms with E-state index in [0.29, 0.717) is 12.2 Å². The number of morpholine rings is 1. The molecular formula is C16H22N4O3. The molecule has 1 fully saturated rings. The molecule has 3 rings (SSSR count). The van der Waals surface area contributed by atoms with Gasteiger partial charge in [0.25, 0.3) is 5.91 Å². The number of rotatable bonds is 5. The Bertz CT molecular complexity index is 692. The van der Waals surface area contributed by atoms with Crippen molar-refractivity contribution in [2.24, 2.45) is 0 Å². The largest absolute Gasteiger partial charge is 0.494 e. The lowest BCUT2D eigenvalue weighted by Crippen LogP contribution is -2.38. The van der Waals surface area contributed by atoms with E-state index in [9.17, 15) is 4.79 Å². The molecule has 0 atom stereocenters. The minimum Gasteiger partial charge on any atom is -0.494 e. The van der Waals surface area contributed by atoms with Crippen molar-refractivity contribution in [3.8, 4) is 5.75 Å². The summed E-state index contributed by atoms with van der Waals surface area (Å²) >= 11 is 0. The predicted molar refractivity (Wildman–Crippen MR) is 86.9 cm³/mol. The third-order valence-electron chi connectivity index (χ3n) is 4.13. The fraction of sp³-hybridized carbons (Fsp3) is 0.500. The van der Waals surface area contributed by atoms with E-state index >= 15 is 0 Å². The van der Waals surface area contributed by atoms with E-state index in [1.54, 1.807) is 14.2 Å². The van der Waals surface area contributed by atoms with Gasteiger partial charge in [0.15, 0.2) is 5.69 Å². The zero-order chi connectivity index (χ0) is 16.2. The predicted octanol–water partition coefficient (Wildman–Crippen LogP) is 0.737. The summed E-state index contributed by atoms with van der Waals surface area (Å²) in [6.07, 6.45) is 0. The quantitative estimate of drug-likeness (QED) is 0.880. The van der Waals surface area contributed by atoms with Crippen molar-refractivity contribution in [3.05, 3.63) is 23.9 Å². The molecule has 1 saturated heterocycles. The highest BCUT2D eigenvalue weighted by molar-refractivity contribution is 6.06. The van der Waals surface area contributed by atoms with E-state index in [1.807, 2.05) is 22.9 Å². The van der Waals surface area contributed by atoms with Crippen molar-refractivity contribution in [1.29, 1.82) is 0 Å². The third kappa shape index (κ3) is 3.16. The zero-order valence-electron chi connectivity index (χ0n) is 13.5. The van der Waals surface area contributed by atoms with Crippen molar-refractivity contribution in [2.75, 3.05) is 47.0 Å². The van der Waals surface area contributed by atoms with Gasteiger partial charge in [0.1, 0.15) is 11.3 Å². The SMILES string of the molecule is CNC(=O)c1nn(CCN2CCOCC2)c2c(OC)cccc12. The smallest absolute Gasteiger partial charge is 0.272 e. The van der Waals surface area contributed by atoms with E-state index < -0.39 is 0 Å². The number of hydrogen-bond acceptors (Lipinski definition) is 5. The van der Waals surface area contributed by atoms with E-state index in [-0.39, 0.29) is 5.91 Å². The second kappa shape index (κ2) is 6.97. The van der Waals surface area contributed by atoms with Crippen molar-refractivity contribution in [3.63, 3.8) is 0 Å². The highest BCUT2D eigenvalue weighted by atomic mass is 16.5. The van der Waals surface area contributed by atoms with E-state index in [1.165, 1.54) is 0 Å². The van der Waals surface area contributed by atoms with Gasteiger partial charge in [0, 0.05) is 32.1 Å². The molecule has 1 aromatic carbocycles. The number of carbonyl (C=O) groups is 1. The molecule has 0 saturated carbocycles. The maximum Gasteiger partial charge on any atom is 0.272 e. The number of nitrogens with one attached hydrogen (secondary N) is 1. The Morgan fingerprint density at radius 2 is 2.13 bits per heavy atom. The lowest BCUT2D eigenvalue weighted by atomic mass is 10.2. The van der Waals surface area contributed by atoms with Gasteiger partial charge in [-0.05, 0) is 6.07 Å². The molecular weight excluding hydrogens is 296 g/mol. The van der Waals surface area contributed by atoms with Crippen molar-refractivity contribution in [2.45, 2.75) is 6.54 Å². The average Bonchev–Trinajstić information content (AvgIpc) is 2.99. The first-order valence-corrected chi connectivity index (χ1v) is 7.80. The van der Waals surface area contributed by atoms with Gasteiger partial charge in [0.05, 0.1) is 26.9 Å². The molecule has 0 bridgehead atoms. The van der Waals surface area contributed by atoms with Gasteiger partial charge in [-0.1, -0.05) is 12.1 Å². The van der Waals surface area contributed by atoms with Crippen LogP contribution in [0.15, 0.2) is 18.2 Å². The highest BCUT2D eigenvalue weighted by Crippen LogP contribution is 2.28. The van der Waals surface area contributed by atoms with Crippen LogP contribution in [0, 0.1) is 0 Å². The fourth-order valence-corrected chi connectivity index (χ4v) is 2.88. The maximum absolute atomic E-state index is 12.1. The molecule has 2 heterocycles. The minimum absolute atomic E-state index is 0.187. The van der Waals surface area contributed by atoms with Crippen LogP contribution in [0.25, 0.3) is 10.9 Å². The summed E-state index contributed by atoms with van der Waals surface area (Å²) in [7, 11) is 3.24. The standard InChI is InChI=1S/C16H22N4O3/c1-17-16(21)14-12-4-3-5-13(22-2)15(12)20(18-14)7-6-19-8-10-23-11-9-19/h3-5H,6-11H2,1-2H3,(H,17,21). The number of para-hydroxylation sites is 1. The van der Waals surface area contributed by atoms with Crippen LogP contribution in [0.3, 0.4) is 0 Å². The molecule has 2 aromatic rings. The number of fused-ring (bicyclic) bond motifs is 1. The van der Waals surface area contributed by atoms with Gasteiger partial charge in [-0.2, -0.15) is 5.10 Å². The molecule has 0 unspecified atom stereocenters. The second-order valence-electron chi connectivity index (χ2n) is 5.46. The number of ether oxygens (including phenoxy) is 2. The molecule has 1 N–H and O–H groups in total. The molecule has 1 amide bonds. The van der Waals surface area contributed by atoms with Crippen molar-refractivity contribution in [1.82, 2.24) is 20.0 Å². The molecule has 23 heavy (non-hydrogen) atoms. The van der Waals surface area contributed by atoms with Gasteiger partial charge in [-0.3, -0.25) is 14.4 Å². The molecule has 7 nitrogen and oxygen atoms in total. The van der Waals surface area contributed by atoms with E-state index in [0.717, 1.165) is 49.5 Å². The number of hydrogen-bond donors (Lipinski definition) is 1. The van der Waals surface area contributed by atoms with Crippen LogP contribution >= 0.6 is 0 Å². The Morgan fingerprint density at radius 3 is 2.83 bits per heavy atom. The van der Waals surface area contributed by atoms with Crippen LogP contribution in [0.1, 0.15) is 10.5 Å². The maximum atomic E-state index is 12.1. The molecule has 1 aliphatic heterocycles. The summed E-state index contributed by atoms with van der Waals surface area (Å²) < 4.78 is 12.7. The Morgan fingerprint density at radius 1 is 1.35 bits per heavy atom. The molecule has 124 valence electrons. The number of methoxy groups -OCH3 is 1. The van der Waals surface area contributed by atoms with E-state index in [4.69, 9.17) is 9.47 Å². The van der Waals surface area contributed by atoms with Crippen LogP contribution in [-0.2, 0) is 11.3 Å². The fourth-order valence-electron chi connectivity index (χ4n) is 2.88. The second-order valence-corrected chi connectivity index (χ2v) is 5.46. The lowest BCUT2D eigenvalue weighted by Gasteiger charge is -2.26. The summed E-state index contributed by atoms with van der Waals surface area (Å²) in [6, 6.07) is 5.67. The Kier molecular flexibility index (Phi) is 4.78. The Balaban J connectivity index is 1.92. The summed E-state index contributed by atoms with van der Waals surface area (Å²) in [5.41, 5.74) is 1.30. The van der Waals surface area contributed by atoms with Crippen LogP contribution in [0.4, 0.5) is 0 Å². The monoisotopic (exact) mass is 318 g/mol. The van der Waals surface area contributed by atoms with Crippen LogP contribution in [0.5, 0.6) is 5.75 Å². The third-order valence-corrected chi connectivity index (χ3v) is 4.13. The molecule has 7 heteroatoms. The molecule has 1 aromatic heterocycles. The number of aromatic nitrogens is 2. The summed E-state index contributed by atoms with van der Waals surface area (Å²) in [6.45, 7) is 4.97. The number of carbonyl (C=O) groups excluding carboxylic acids is 1. The first-order valence-electron chi connectivity index (χ1n) is 7.80. The van der Waals surface area contributed by atoms with Crippen molar-refractivity contribution >= 4 is 16.8 Å². The topological polar surface area (TPSA) is 68.6 Å². The Hall–Kier alpha value is -2.12. The normalized spacial score (nSPS) is 15.7. The van der Waals surface area contributed by atoms with Gasteiger partial charge in [-0.15, -0.1) is 0 Å². The van der Waals surface area contributed by atoms with Crippen molar-refractivity contribution < 1.29 is 14.3 Å². The summed E-state index contributed by atoms with van der Waals surface area (Å²) in [5, 5.41) is 7.98. The van der Waals surface area contributed by atoms with E-state index in [2.05, 4.69) is 15.3 Å². The first-order chi connectivity index (χ1) is 11.2. The molecule has 0 radical (unpaired) electrons. The van der Waals surface area contributed by atoms with Crippen LogP contribution in [-0.4, -0.2) is 67.6 Å². The van der Waals surface area contributed by atoms with Crippen LogP contribution < -0.4 is 10.1 Å². The number of nitrogens with zero attached hydrogens (tertiary/aromatic N) is 3. The molecule has 0 spiro atoms. The number of benzene rings is 1. The number of amides is 1. The lowest BCUT2D eigenvalue weighted by molar-refractivity contribution is 0.0361.